The van der Waals surface area contributed by atoms with Gasteiger partial charge < -0.3 is 4.98 Å². The molecule has 1 aromatic heterocycles. The SMILES string of the molecule is Cc1cccc(CC2S/C(=C(/C#N)C(=O)c3c[nH]c4ccccc34)N(c3ccccc3)C2=O)c1. The summed E-state index contributed by atoms with van der Waals surface area (Å²) in [4.78, 5) is 31.8. The van der Waals surface area contributed by atoms with Crippen molar-refractivity contribution in [3.63, 3.8) is 0 Å². The lowest BCUT2D eigenvalue weighted by Crippen LogP contribution is -2.30. The minimum absolute atomic E-state index is 0.0290. The third-order valence-corrected chi connectivity index (χ3v) is 7.12. The summed E-state index contributed by atoms with van der Waals surface area (Å²) in [6, 6.07) is 26.8. The molecule has 0 aliphatic carbocycles. The number of thioether (sulfide) groups is 1. The van der Waals surface area contributed by atoms with Crippen LogP contribution in [0.25, 0.3) is 10.9 Å². The predicted octanol–water partition coefficient (Wildman–Crippen LogP) is 5.79. The Bertz CT molecular complexity index is 1480. The number of hydrogen-bond donors (Lipinski definition) is 1. The van der Waals surface area contributed by atoms with Crippen molar-refractivity contribution in [2.75, 3.05) is 4.90 Å². The number of anilines is 1. The molecule has 1 saturated heterocycles. The Morgan fingerprint density at radius 1 is 1.06 bits per heavy atom. The van der Waals surface area contributed by atoms with Gasteiger partial charge in [-0.05, 0) is 37.1 Å². The van der Waals surface area contributed by atoms with E-state index in [1.54, 1.807) is 6.20 Å². The van der Waals surface area contributed by atoms with Crippen LogP contribution in [0.4, 0.5) is 5.69 Å². The number of aromatic amines is 1. The number of H-pyrrole nitrogens is 1. The summed E-state index contributed by atoms with van der Waals surface area (Å²) >= 11 is 1.29. The van der Waals surface area contributed by atoms with Gasteiger partial charge >= 0.3 is 0 Å². The zero-order chi connectivity index (χ0) is 23.7. The highest BCUT2D eigenvalue weighted by atomic mass is 32.2. The molecule has 4 aromatic rings. The first-order chi connectivity index (χ1) is 16.6. The fraction of sp³-hybridized carbons (Fsp3) is 0.107. The molecule has 34 heavy (non-hydrogen) atoms. The van der Waals surface area contributed by atoms with Crippen molar-refractivity contribution in [3.8, 4) is 6.07 Å². The Morgan fingerprint density at radius 2 is 1.82 bits per heavy atom. The molecule has 0 spiro atoms. The van der Waals surface area contributed by atoms with E-state index >= 15 is 0 Å². The fourth-order valence-corrected chi connectivity index (χ4v) is 5.55. The number of benzene rings is 3. The van der Waals surface area contributed by atoms with Gasteiger partial charge in [0.05, 0.1) is 5.25 Å². The summed E-state index contributed by atoms with van der Waals surface area (Å²) < 4.78 is 0. The molecule has 1 fully saturated rings. The summed E-state index contributed by atoms with van der Waals surface area (Å²) in [6.45, 7) is 2.02. The molecule has 166 valence electrons. The first kappa shape index (κ1) is 21.7. The van der Waals surface area contributed by atoms with Crippen LogP contribution in [-0.2, 0) is 11.2 Å². The number of carbonyl (C=O) groups is 2. The largest absolute Gasteiger partial charge is 0.360 e. The maximum atomic E-state index is 13.6. The Balaban J connectivity index is 1.60. The maximum absolute atomic E-state index is 13.6. The molecule has 0 bridgehead atoms. The number of aromatic nitrogens is 1. The second kappa shape index (κ2) is 9.05. The topological polar surface area (TPSA) is 77.0 Å². The summed E-state index contributed by atoms with van der Waals surface area (Å²) in [6.07, 6.45) is 2.14. The van der Waals surface area contributed by atoms with Crippen LogP contribution in [0, 0.1) is 18.3 Å². The number of rotatable bonds is 5. The molecule has 1 aliphatic heterocycles. The summed E-state index contributed by atoms with van der Waals surface area (Å²) in [5.41, 5.74) is 4.01. The lowest BCUT2D eigenvalue weighted by molar-refractivity contribution is -0.117. The number of ketones is 1. The maximum Gasteiger partial charge on any atom is 0.245 e. The van der Waals surface area contributed by atoms with E-state index in [0.29, 0.717) is 22.7 Å². The number of carbonyl (C=O) groups excluding carboxylic acids is 2. The Morgan fingerprint density at radius 3 is 2.59 bits per heavy atom. The summed E-state index contributed by atoms with van der Waals surface area (Å²) in [7, 11) is 0. The zero-order valence-corrected chi connectivity index (χ0v) is 19.3. The standard InChI is InChI=1S/C28H21N3O2S/c1-18-8-7-9-19(14-18)15-25-27(33)31(20-10-3-2-4-11-20)28(34-25)22(16-29)26(32)23-17-30-24-13-6-5-12-21(23)24/h2-14,17,25,30H,15H2,1H3/b28-22-. The van der Waals surface area contributed by atoms with Crippen LogP contribution in [0.2, 0.25) is 0 Å². The highest BCUT2D eigenvalue weighted by molar-refractivity contribution is 8.05. The van der Waals surface area contributed by atoms with E-state index in [0.717, 1.165) is 22.0 Å². The van der Waals surface area contributed by atoms with Crippen LogP contribution in [-0.4, -0.2) is 21.9 Å². The van der Waals surface area contributed by atoms with Gasteiger partial charge in [-0.3, -0.25) is 14.5 Å². The Hall–Kier alpha value is -4.08. The van der Waals surface area contributed by atoms with Crippen molar-refractivity contribution in [2.24, 2.45) is 0 Å². The third-order valence-electron chi connectivity index (χ3n) is 5.86. The van der Waals surface area contributed by atoms with Gasteiger partial charge in [-0.2, -0.15) is 5.26 Å². The number of aryl methyl sites for hydroxylation is 1. The number of fused-ring (bicyclic) bond motifs is 1. The van der Waals surface area contributed by atoms with E-state index in [1.807, 2.05) is 79.7 Å². The predicted molar refractivity (Wildman–Crippen MR) is 135 cm³/mol. The number of nitriles is 1. The molecule has 0 radical (unpaired) electrons. The number of nitrogens with one attached hydrogen (secondary N) is 1. The van der Waals surface area contributed by atoms with Gasteiger partial charge in [0, 0.05) is 28.4 Å². The molecule has 1 N–H and O–H groups in total. The van der Waals surface area contributed by atoms with Gasteiger partial charge in [-0.15, -0.1) is 0 Å². The number of nitrogens with zero attached hydrogens (tertiary/aromatic N) is 2. The van der Waals surface area contributed by atoms with Crippen molar-refractivity contribution in [3.05, 3.63) is 112 Å². The number of Topliss-reactive ketones (excluding diaryl/α,β-unsaturated/α-hetero) is 1. The van der Waals surface area contributed by atoms with E-state index in [2.05, 4.69) is 17.1 Å². The van der Waals surface area contributed by atoms with Crippen molar-refractivity contribution in [2.45, 2.75) is 18.6 Å². The van der Waals surface area contributed by atoms with Crippen LogP contribution < -0.4 is 4.90 Å². The fourth-order valence-electron chi connectivity index (χ4n) is 4.25. The van der Waals surface area contributed by atoms with Crippen molar-refractivity contribution >= 4 is 40.0 Å². The van der Waals surface area contributed by atoms with Crippen molar-refractivity contribution in [1.29, 1.82) is 5.26 Å². The van der Waals surface area contributed by atoms with E-state index in [9.17, 15) is 14.9 Å². The Labute approximate surface area is 201 Å². The average molecular weight is 464 g/mol. The van der Waals surface area contributed by atoms with Gasteiger partial charge in [0.15, 0.2) is 0 Å². The molecule has 1 atom stereocenters. The molecule has 1 aliphatic rings. The second-order valence-electron chi connectivity index (χ2n) is 8.18. The van der Waals surface area contributed by atoms with Crippen LogP contribution >= 0.6 is 11.8 Å². The number of allylic oxidation sites excluding steroid dienone is 1. The lowest BCUT2D eigenvalue weighted by Gasteiger charge is -2.18. The minimum atomic E-state index is -0.434. The summed E-state index contributed by atoms with van der Waals surface area (Å²) in [5, 5.41) is 10.8. The van der Waals surface area contributed by atoms with Crippen LogP contribution in [0.15, 0.2) is 95.7 Å². The van der Waals surface area contributed by atoms with Crippen LogP contribution in [0.5, 0.6) is 0 Å². The average Bonchev–Trinajstić information content (AvgIpc) is 3.42. The van der Waals surface area contributed by atoms with Gasteiger partial charge in [0.25, 0.3) is 0 Å². The van der Waals surface area contributed by atoms with E-state index in [4.69, 9.17) is 0 Å². The lowest BCUT2D eigenvalue weighted by atomic mass is 10.0. The second-order valence-corrected chi connectivity index (χ2v) is 9.37. The first-order valence-electron chi connectivity index (χ1n) is 10.9. The Kier molecular flexibility index (Phi) is 5.79. The first-order valence-corrected chi connectivity index (χ1v) is 11.8. The third kappa shape index (κ3) is 3.91. The zero-order valence-electron chi connectivity index (χ0n) is 18.5. The molecule has 1 unspecified atom stereocenters. The molecular formula is C28H21N3O2S. The molecule has 6 heteroatoms. The molecule has 2 heterocycles. The monoisotopic (exact) mass is 463 g/mol. The number of hydrogen-bond acceptors (Lipinski definition) is 4. The highest BCUT2D eigenvalue weighted by Crippen LogP contribution is 2.42. The van der Waals surface area contributed by atoms with Gasteiger partial charge in [-0.1, -0.05) is 78.0 Å². The molecule has 1 amide bonds. The number of amides is 1. The number of para-hydroxylation sites is 2. The van der Waals surface area contributed by atoms with Gasteiger partial charge in [0.1, 0.15) is 16.7 Å². The highest BCUT2D eigenvalue weighted by Gasteiger charge is 2.41. The smallest absolute Gasteiger partial charge is 0.245 e. The molecule has 0 saturated carbocycles. The molecule has 5 rings (SSSR count). The van der Waals surface area contributed by atoms with Gasteiger partial charge in [-0.25, -0.2) is 0 Å². The molecule has 5 nitrogen and oxygen atoms in total. The van der Waals surface area contributed by atoms with Crippen molar-refractivity contribution < 1.29 is 9.59 Å². The van der Waals surface area contributed by atoms with E-state index < -0.39 is 11.0 Å². The molecular weight excluding hydrogens is 442 g/mol. The summed E-state index contributed by atoms with van der Waals surface area (Å²) in [5.74, 6) is -0.528. The quantitative estimate of drug-likeness (QED) is 0.231. The van der Waals surface area contributed by atoms with Crippen molar-refractivity contribution in [1.82, 2.24) is 4.98 Å². The normalized spacial score (nSPS) is 17.1. The van der Waals surface area contributed by atoms with Crippen LogP contribution in [0.1, 0.15) is 21.5 Å². The van der Waals surface area contributed by atoms with E-state index in [1.165, 1.54) is 16.7 Å². The van der Waals surface area contributed by atoms with Crippen LogP contribution in [0.3, 0.4) is 0 Å². The van der Waals surface area contributed by atoms with Gasteiger partial charge in [0.2, 0.25) is 11.7 Å². The molecule has 3 aromatic carbocycles. The van der Waals surface area contributed by atoms with E-state index in [-0.39, 0.29) is 11.5 Å². The minimum Gasteiger partial charge on any atom is -0.360 e.